The molecule has 1 aliphatic rings. The molecule has 2 amide bonds. The van der Waals surface area contributed by atoms with Gasteiger partial charge in [0.15, 0.2) is 0 Å². The summed E-state index contributed by atoms with van der Waals surface area (Å²) in [5.41, 5.74) is 4.96. The molecule has 1 N–H and O–H groups in total. The van der Waals surface area contributed by atoms with E-state index in [4.69, 9.17) is 5.10 Å². The van der Waals surface area contributed by atoms with Crippen LogP contribution in [-0.2, 0) is 19.5 Å². The summed E-state index contributed by atoms with van der Waals surface area (Å²) in [6.45, 7) is 2.54. The van der Waals surface area contributed by atoms with Crippen LogP contribution in [0, 0.1) is 11.6 Å². The Balaban J connectivity index is 1.49. The summed E-state index contributed by atoms with van der Waals surface area (Å²) in [5.74, 6) is 0.150. The molecule has 2 aromatic heterocycles. The summed E-state index contributed by atoms with van der Waals surface area (Å²) in [6.07, 6.45) is 2.63. The number of hydrogen-bond acceptors (Lipinski definition) is 2. The Morgan fingerprint density at radius 2 is 1.74 bits per heavy atom. The first-order valence-electron chi connectivity index (χ1n) is 12.9. The molecule has 0 saturated heterocycles. The number of carbonyl (C=O) groups excluding carboxylic acids is 1. The average Bonchev–Trinajstić information content (AvgIpc) is 3.54. The highest BCUT2D eigenvalue weighted by molar-refractivity contribution is 5.76. The third kappa shape index (κ3) is 4.58. The van der Waals surface area contributed by atoms with Gasteiger partial charge in [-0.15, -0.1) is 0 Å². The van der Waals surface area contributed by atoms with Gasteiger partial charge < -0.3 is 14.8 Å². The van der Waals surface area contributed by atoms with Crippen LogP contribution in [0.2, 0.25) is 0 Å². The largest absolute Gasteiger partial charge is 0.334 e. The molecule has 1 atom stereocenters. The highest BCUT2D eigenvalue weighted by atomic mass is 19.1. The number of fused-ring (bicyclic) bond motifs is 3. The fraction of sp³-hybridized carbons (Fsp3) is 0.161. The fourth-order valence-corrected chi connectivity index (χ4v) is 5.26. The number of hydrogen-bond donors (Lipinski definition) is 1. The number of urea groups is 1. The smallest absolute Gasteiger partial charge is 0.318 e. The third-order valence-corrected chi connectivity index (χ3v) is 7.09. The van der Waals surface area contributed by atoms with Crippen LogP contribution in [-0.4, -0.2) is 25.3 Å². The molecule has 0 bridgehead atoms. The van der Waals surface area contributed by atoms with Gasteiger partial charge in [-0.2, -0.15) is 5.10 Å². The number of nitrogens with one attached hydrogen (secondary N) is 1. The maximum atomic E-state index is 14.5. The van der Waals surface area contributed by atoms with Crippen LogP contribution in [0.3, 0.4) is 0 Å². The molecule has 39 heavy (non-hydrogen) atoms. The van der Waals surface area contributed by atoms with Crippen LogP contribution < -0.4 is 5.32 Å². The van der Waals surface area contributed by atoms with Crippen molar-refractivity contribution < 1.29 is 13.6 Å². The second kappa shape index (κ2) is 10.2. The Hall–Kier alpha value is -4.72. The van der Waals surface area contributed by atoms with Gasteiger partial charge in [0.05, 0.1) is 29.7 Å². The van der Waals surface area contributed by atoms with Crippen LogP contribution in [0.25, 0.3) is 11.5 Å². The molecule has 0 spiro atoms. The molecule has 196 valence electrons. The number of amides is 2. The minimum absolute atomic E-state index is 0.225. The van der Waals surface area contributed by atoms with Crippen molar-refractivity contribution in [3.05, 3.63) is 137 Å². The molecule has 8 heteroatoms. The third-order valence-electron chi connectivity index (χ3n) is 7.09. The van der Waals surface area contributed by atoms with Gasteiger partial charge in [0.2, 0.25) is 0 Å². The zero-order valence-corrected chi connectivity index (χ0v) is 21.4. The van der Waals surface area contributed by atoms with Crippen molar-refractivity contribution in [1.82, 2.24) is 24.6 Å². The molecular weight excluding hydrogens is 496 g/mol. The van der Waals surface area contributed by atoms with E-state index in [-0.39, 0.29) is 30.8 Å². The summed E-state index contributed by atoms with van der Waals surface area (Å²) in [5, 5.41) is 7.94. The number of benzene rings is 3. The van der Waals surface area contributed by atoms with Gasteiger partial charge in [-0.05, 0) is 66.1 Å². The second-order valence-corrected chi connectivity index (χ2v) is 9.52. The molecule has 3 aromatic carbocycles. The first kappa shape index (κ1) is 24.6. The van der Waals surface area contributed by atoms with Crippen LogP contribution in [0.4, 0.5) is 13.6 Å². The molecule has 0 radical (unpaired) electrons. The monoisotopic (exact) mass is 523 g/mol. The number of para-hydroxylation sites is 1. The lowest BCUT2D eigenvalue weighted by Gasteiger charge is -2.31. The van der Waals surface area contributed by atoms with Crippen molar-refractivity contribution in [2.45, 2.75) is 32.5 Å². The van der Waals surface area contributed by atoms with E-state index >= 15 is 0 Å². The van der Waals surface area contributed by atoms with E-state index in [1.165, 1.54) is 24.3 Å². The topological polar surface area (TPSA) is 55.1 Å². The Kier molecular flexibility index (Phi) is 6.44. The summed E-state index contributed by atoms with van der Waals surface area (Å²) in [7, 11) is 0. The van der Waals surface area contributed by atoms with Crippen LogP contribution in [0.1, 0.15) is 41.0 Å². The molecule has 0 unspecified atom stereocenters. The van der Waals surface area contributed by atoms with Gasteiger partial charge in [0.25, 0.3) is 0 Å². The first-order chi connectivity index (χ1) is 19.0. The van der Waals surface area contributed by atoms with E-state index in [1.54, 1.807) is 23.1 Å². The molecule has 6 nitrogen and oxygen atoms in total. The lowest BCUT2D eigenvalue weighted by molar-refractivity contribution is 0.180. The minimum atomic E-state index is -0.565. The van der Waals surface area contributed by atoms with Gasteiger partial charge in [-0.3, -0.25) is 0 Å². The van der Waals surface area contributed by atoms with Crippen LogP contribution >= 0.6 is 0 Å². The van der Waals surface area contributed by atoms with E-state index < -0.39 is 6.04 Å². The minimum Gasteiger partial charge on any atom is -0.334 e. The van der Waals surface area contributed by atoms with Crippen molar-refractivity contribution >= 4 is 6.03 Å². The second-order valence-electron chi connectivity index (χ2n) is 9.52. The maximum absolute atomic E-state index is 14.5. The van der Waals surface area contributed by atoms with Gasteiger partial charge in [-0.25, -0.2) is 18.3 Å². The number of carbonyl (C=O) groups is 1. The van der Waals surface area contributed by atoms with E-state index in [9.17, 15) is 13.6 Å². The van der Waals surface area contributed by atoms with Crippen LogP contribution in [0.5, 0.6) is 0 Å². The highest BCUT2D eigenvalue weighted by Crippen LogP contribution is 2.38. The predicted octanol–water partition coefficient (Wildman–Crippen LogP) is 6.32. The van der Waals surface area contributed by atoms with Crippen molar-refractivity contribution in [1.29, 1.82) is 0 Å². The Morgan fingerprint density at radius 1 is 0.949 bits per heavy atom. The molecule has 0 aliphatic carbocycles. The van der Waals surface area contributed by atoms with Gasteiger partial charge >= 0.3 is 6.03 Å². The molecule has 0 fully saturated rings. The summed E-state index contributed by atoms with van der Waals surface area (Å²) in [4.78, 5) is 15.6. The normalized spacial score (nSPS) is 14.4. The Labute approximate surface area is 225 Å². The van der Waals surface area contributed by atoms with E-state index in [0.29, 0.717) is 12.0 Å². The van der Waals surface area contributed by atoms with Crippen molar-refractivity contribution in [3.8, 4) is 11.5 Å². The number of halogens is 2. The quantitative estimate of drug-likeness (QED) is 0.293. The van der Waals surface area contributed by atoms with Crippen molar-refractivity contribution in [2.24, 2.45) is 0 Å². The van der Waals surface area contributed by atoms with Gasteiger partial charge in [0.1, 0.15) is 17.5 Å². The predicted molar refractivity (Wildman–Crippen MR) is 145 cm³/mol. The van der Waals surface area contributed by atoms with E-state index in [0.717, 1.165) is 34.0 Å². The zero-order chi connectivity index (χ0) is 26.9. The van der Waals surface area contributed by atoms with E-state index in [1.807, 2.05) is 66.3 Å². The molecule has 0 saturated carbocycles. The molecular formula is C31H27F2N5O. The zero-order valence-electron chi connectivity index (χ0n) is 21.4. The van der Waals surface area contributed by atoms with Crippen molar-refractivity contribution in [3.63, 3.8) is 0 Å². The summed E-state index contributed by atoms with van der Waals surface area (Å²) < 4.78 is 31.9. The lowest BCUT2D eigenvalue weighted by atomic mass is 10.0. The number of rotatable bonds is 5. The van der Waals surface area contributed by atoms with Crippen LogP contribution in [0.15, 0.2) is 97.2 Å². The van der Waals surface area contributed by atoms with E-state index in [2.05, 4.69) is 9.88 Å². The molecule has 5 aromatic rings. The molecule has 3 heterocycles. The lowest BCUT2D eigenvalue weighted by Crippen LogP contribution is -2.41. The Morgan fingerprint density at radius 3 is 2.49 bits per heavy atom. The average molecular weight is 524 g/mol. The maximum Gasteiger partial charge on any atom is 0.318 e. The standard InChI is InChI=1S/C31H27F2N5O/c1-2-27-26-20-37(31(39)34-19-21-13-15-23(32)16-14-21)29(22-8-6-9-24(33)18-22)28-12-7-17-36(28)30(26)38(35-27)25-10-4-3-5-11-25/h3-18,29H,2,19-20H2,1H3,(H,34,39)/t29-/m1/s1. The van der Waals surface area contributed by atoms with Crippen molar-refractivity contribution in [2.75, 3.05) is 0 Å². The summed E-state index contributed by atoms with van der Waals surface area (Å²) >= 11 is 0. The molecule has 6 rings (SSSR count). The number of aromatic nitrogens is 3. The number of aryl methyl sites for hydroxylation is 1. The fourth-order valence-electron chi connectivity index (χ4n) is 5.26. The summed E-state index contributed by atoms with van der Waals surface area (Å²) in [6, 6.07) is 25.3. The first-order valence-corrected chi connectivity index (χ1v) is 12.9. The van der Waals surface area contributed by atoms with Gasteiger partial charge in [-0.1, -0.05) is 49.4 Å². The molecule has 1 aliphatic heterocycles. The highest BCUT2D eigenvalue weighted by Gasteiger charge is 2.36. The number of nitrogens with zero attached hydrogens (tertiary/aromatic N) is 4. The van der Waals surface area contributed by atoms with Gasteiger partial charge in [0, 0.05) is 18.3 Å². The Bertz CT molecular complexity index is 1620. The SMILES string of the molecule is CCc1nn(-c2ccccc2)c2c1CN(C(=O)NCc1ccc(F)cc1)[C@H](c1cccc(F)c1)c1cccn1-2.